The van der Waals surface area contributed by atoms with Crippen molar-refractivity contribution in [2.24, 2.45) is 0 Å². The second kappa shape index (κ2) is 9.91. The van der Waals surface area contributed by atoms with Crippen LogP contribution in [0.2, 0.25) is 5.02 Å². The van der Waals surface area contributed by atoms with Gasteiger partial charge in [0.15, 0.2) is 0 Å². The number of para-hydroxylation sites is 1. The lowest BCUT2D eigenvalue weighted by Gasteiger charge is -2.38. The van der Waals surface area contributed by atoms with E-state index in [2.05, 4.69) is 27.7 Å². The highest BCUT2D eigenvalue weighted by Crippen LogP contribution is 2.19. The van der Waals surface area contributed by atoms with Crippen molar-refractivity contribution in [1.82, 2.24) is 15.1 Å². The zero-order chi connectivity index (χ0) is 22.5. The molecule has 4 rings (SSSR count). The van der Waals surface area contributed by atoms with Crippen molar-refractivity contribution in [2.75, 3.05) is 49.5 Å². The first kappa shape index (κ1) is 22.0. The number of halogens is 1. The Labute approximate surface area is 192 Å². The predicted octanol–water partition coefficient (Wildman–Crippen LogP) is 2.41. The average molecular weight is 456 g/mol. The van der Waals surface area contributed by atoms with Gasteiger partial charge in [0.1, 0.15) is 6.04 Å². The minimum atomic E-state index is -0.845. The van der Waals surface area contributed by atoms with Crippen LogP contribution in [-0.4, -0.2) is 73.0 Å². The Morgan fingerprint density at radius 2 is 1.75 bits per heavy atom. The van der Waals surface area contributed by atoms with Crippen molar-refractivity contribution < 1.29 is 14.4 Å². The van der Waals surface area contributed by atoms with Gasteiger partial charge in [-0.05, 0) is 30.3 Å². The fourth-order valence-electron chi connectivity index (χ4n) is 4.07. The maximum atomic E-state index is 13.0. The van der Waals surface area contributed by atoms with Gasteiger partial charge in [0.05, 0.1) is 6.42 Å². The molecule has 2 fully saturated rings. The molecule has 8 nitrogen and oxygen atoms in total. The summed E-state index contributed by atoms with van der Waals surface area (Å²) < 4.78 is 0. The number of piperazine rings is 2. The summed E-state index contributed by atoms with van der Waals surface area (Å²) in [5.74, 6) is -0.436. The Morgan fingerprint density at radius 3 is 2.47 bits per heavy atom. The van der Waals surface area contributed by atoms with E-state index in [0.717, 1.165) is 18.8 Å². The monoisotopic (exact) mass is 455 g/mol. The fraction of sp³-hybridized carbons (Fsp3) is 0.348. The number of nitrogens with one attached hydrogen (secondary N) is 2. The van der Waals surface area contributed by atoms with Crippen LogP contribution in [-0.2, 0) is 9.59 Å². The van der Waals surface area contributed by atoms with Crippen LogP contribution in [0, 0.1) is 0 Å². The van der Waals surface area contributed by atoms with Gasteiger partial charge in [-0.1, -0.05) is 35.9 Å². The molecule has 0 bridgehead atoms. The van der Waals surface area contributed by atoms with Crippen molar-refractivity contribution >= 4 is 40.8 Å². The van der Waals surface area contributed by atoms with Crippen LogP contribution in [0.1, 0.15) is 6.42 Å². The lowest BCUT2D eigenvalue weighted by molar-refractivity contribution is -0.137. The maximum absolute atomic E-state index is 13.0. The van der Waals surface area contributed by atoms with Crippen molar-refractivity contribution in [3.05, 3.63) is 59.6 Å². The van der Waals surface area contributed by atoms with E-state index in [0.29, 0.717) is 36.9 Å². The second-order valence-corrected chi connectivity index (χ2v) is 8.28. The second-order valence-electron chi connectivity index (χ2n) is 7.85. The fourth-order valence-corrected chi connectivity index (χ4v) is 4.26. The standard InChI is InChI=1S/C23H26ClN5O3/c24-17-5-4-6-18(15-17)26-23(32)29-10-9-25-22(31)20(29)16-21(30)28-13-11-27(12-14-28)19-7-2-1-3-8-19/h1-8,15,20H,9-14,16H2,(H,25,31)(H,26,32). The number of hydrogen-bond acceptors (Lipinski definition) is 4. The largest absolute Gasteiger partial charge is 0.368 e. The molecule has 2 aliphatic rings. The van der Waals surface area contributed by atoms with Gasteiger partial charge >= 0.3 is 6.03 Å². The normalized spacial score (nSPS) is 18.8. The third-order valence-electron chi connectivity index (χ3n) is 5.79. The first-order chi connectivity index (χ1) is 15.5. The molecule has 2 aromatic carbocycles. The van der Waals surface area contributed by atoms with Crippen LogP contribution in [0.25, 0.3) is 0 Å². The lowest BCUT2D eigenvalue weighted by atomic mass is 10.1. The Bertz CT molecular complexity index is 979. The van der Waals surface area contributed by atoms with Crippen molar-refractivity contribution in [3.63, 3.8) is 0 Å². The summed E-state index contributed by atoms with van der Waals surface area (Å²) in [4.78, 5) is 43.8. The first-order valence-electron chi connectivity index (χ1n) is 10.7. The summed E-state index contributed by atoms with van der Waals surface area (Å²) in [5, 5.41) is 6.04. The SMILES string of the molecule is O=C1NCCN(C(=O)Nc2cccc(Cl)c2)C1CC(=O)N1CCN(c2ccccc2)CC1. The molecule has 32 heavy (non-hydrogen) atoms. The summed E-state index contributed by atoms with van der Waals surface area (Å²) >= 11 is 5.99. The average Bonchev–Trinajstić information content (AvgIpc) is 2.81. The quantitative estimate of drug-likeness (QED) is 0.741. The zero-order valence-corrected chi connectivity index (χ0v) is 18.4. The Morgan fingerprint density at radius 1 is 1.00 bits per heavy atom. The Balaban J connectivity index is 1.37. The van der Waals surface area contributed by atoms with Gasteiger partial charge in [0.2, 0.25) is 11.8 Å². The number of benzene rings is 2. The predicted molar refractivity (Wildman–Crippen MR) is 124 cm³/mol. The van der Waals surface area contributed by atoms with Crippen LogP contribution in [0.5, 0.6) is 0 Å². The number of carbonyl (C=O) groups is 3. The highest BCUT2D eigenvalue weighted by molar-refractivity contribution is 6.30. The van der Waals surface area contributed by atoms with Crippen molar-refractivity contribution in [1.29, 1.82) is 0 Å². The molecule has 0 aromatic heterocycles. The van der Waals surface area contributed by atoms with Crippen LogP contribution in [0.3, 0.4) is 0 Å². The van der Waals surface area contributed by atoms with E-state index in [1.165, 1.54) is 4.90 Å². The van der Waals surface area contributed by atoms with E-state index in [1.807, 2.05) is 18.2 Å². The molecule has 0 saturated carbocycles. The summed E-state index contributed by atoms with van der Waals surface area (Å²) in [7, 11) is 0. The summed E-state index contributed by atoms with van der Waals surface area (Å²) in [6.07, 6.45) is -0.0415. The van der Waals surface area contributed by atoms with Gasteiger partial charge in [-0.25, -0.2) is 4.79 Å². The molecule has 0 aliphatic carbocycles. The smallest absolute Gasteiger partial charge is 0.322 e. The van der Waals surface area contributed by atoms with E-state index in [9.17, 15) is 14.4 Å². The molecule has 0 spiro atoms. The number of anilines is 2. The molecule has 2 heterocycles. The number of carbonyl (C=O) groups excluding carboxylic acids is 3. The minimum absolute atomic E-state index is 0.0415. The number of rotatable bonds is 4. The molecule has 168 valence electrons. The topological polar surface area (TPSA) is 85.0 Å². The first-order valence-corrected chi connectivity index (χ1v) is 11.1. The third kappa shape index (κ3) is 5.13. The molecule has 1 atom stereocenters. The van der Waals surface area contributed by atoms with Gasteiger partial charge in [0, 0.05) is 55.7 Å². The van der Waals surface area contributed by atoms with Crippen molar-refractivity contribution in [3.8, 4) is 0 Å². The summed E-state index contributed by atoms with van der Waals surface area (Å²) in [6.45, 7) is 3.30. The van der Waals surface area contributed by atoms with Crippen LogP contribution in [0.15, 0.2) is 54.6 Å². The van der Waals surface area contributed by atoms with E-state index in [1.54, 1.807) is 29.2 Å². The number of nitrogens with zero attached hydrogens (tertiary/aromatic N) is 3. The number of urea groups is 1. The van der Waals surface area contributed by atoms with Gasteiger partial charge in [-0.2, -0.15) is 0 Å². The van der Waals surface area contributed by atoms with E-state index in [-0.39, 0.29) is 18.2 Å². The highest BCUT2D eigenvalue weighted by Gasteiger charge is 2.36. The number of amides is 4. The minimum Gasteiger partial charge on any atom is -0.368 e. The van der Waals surface area contributed by atoms with Gasteiger partial charge in [-0.15, -0.1) is 0 Å². The van der Waals surface area contributed by atoms with Gasteiger partial charge < -0.3 is 25.3 Å². The molecule has 2 aromatic rings. The molecule has 4 amide bonds. The maximum Gasteiger partial charge on any atom is 0.322 e. The summed E-state index contributed by atoms with van der Waals surface area (Å²) in [6, 6.07) is 15.6. The van der Waals surface area contributed by atoms with E-state index >= 15 is 0 Å². The van der Waals surface area contributed by atoms with Crippen LogP contribution < -0.4 is 15.5 Å². The zero-order valence-electron chi connectivity index (χ0n) is 17.7. The third-order valence-corrected chi connectivity index (χ3v) is 6.02. The highest BCUT2D eigenvalue weighted by atomic mass is 35.5. The summed E-state index contributed by atoms with van der Waals surface area (Å²) in [5.41, 5.74) is 1.67. The van der Waals surface area contributed by atoms with E-state index in [4.69, 9.17) is 11.6 Å². The van der Waals surface area contributed by atoms with Gasteiger partial charge in [0.25, 0.3) is 0 Å². The molecule has 2 aliphatic heterocycles. The van der Waals surface area contributed by atoms with Crippen molar-refractivity contribution in [2.45, 2.75) is 12.5 Å². The molecule has 2 N–H and O–H groups in total. The van der Waals surface area contributed by atoms with Gasteiger partial charge in [-0.3, -0.25) is 9.59 Å². The lowest BCUT2D eigenvalue weighted by Crippen LogP contribution is -2.60. The molecule has 2 saturated heterocycles. The number of hydrogen-bond donors (Lipinski definition) is 2. The molecule has 0 radical (unpaired) electrons. The Hall–Kier alpha value is -3.26. The Kier molecular flexibility index (Phi) is 6.80. The molecular formula is C23H26ClN5O3. The molecule has 1 unspecified atom stereocenters. The van der Waals surface area contributed by atoms with Crippen LogP contribution in [0.4, 0.5) is 16.2 Å². The molecule has 9 heteroatoms. The molecular weight excluding hydrogens is 430 g/mol. The van der Waals surface area contributed by atoms with Crippen LogP contribution >= 0.6 is 11.6 Å². The van der Waals surface area contributed by atoms with E-state index < -0.39 is 12.1 Å².